The van der Waals surface area contributed by atoms with Crippen LogP contribution in [-0.2, 0) is 4.79 Å². The molecular formula is C20H23N3O2. The van der Waals surface area contributed by atoms with Gasteiger partial charge in [-0.3, -0.25) is 4.79 Å². The lowest BCUT2D eigenvalue weighted by Crippen LogP contribution is -2.28. The van der Waals surface area contributed by atoms with Crippen molar-refractivity contribution in [1.82, 2.24) is 15.3 Å². The van der Waals surface area contributed by atoms with Crippen LogP contribution in [0.1, 0.15) is 36.3 Å². The van der Waals surface area contributed by atoms with Gasteiger partial charge in [0.05, 0.1) is 30.1 Å². The van der Waals surface area contributed by atoms with E-state index in [9.17, 15) is 4.79 Å². The highest BCUT2D eigenvalue weighted by atomic mass is 16.5. The standard InChI is InChI=1S/C20H23N3O2/c1-13-8-9-14(2)18(12-13)25-11-10-19(24)21-15(3)20-22-16-6-4-5-7-17(16)23-20/h4-9,12,15H,10-11H2,1-3H3,(H,21,24)(H,22,23). The Bertz CT molecular complexity index is 853. The third-order valence-electron chi connectivity index (χ3n) is 4.13. The first-order valence-electron chi connectivity index (χ1n) is 8.47. The van der Waals surface area contributed by atoms with Crippen LogP contribution in [0, 0.1) is 13.8 Å². The summed E-state index contributed by atoms with van der Waals surface area (Å²) in [5, 5.41) is 2.96. The van der Waals surface area contributed by atoms with Gasteiger partial charge in [-0.15, -0.1) is 0 Å². The van der Waals surface area contributed by atoms with Crippen LogP contribution in [0.15, 0.2) is 42.5 Å². The molecule has 1 aromatic heterocycles. The summed E-state index contributed by atoms with van der Waals surface area (Å²) in [5.41, 5.74) is 4.08. The second-order valence-corrected chi connectivity index (χ2v) is 6.30. The predicted octanol–water partition coefficient (Wildman–Crippen LogP) is 3.83. The molecule has 2 aromatic carbocycles. The quantitative estimate of drug-likeness (QED) is 0.718. The van der Waals surface area contributed by atoms with Gasteiger partial charge in [0.2, 0.25) is 5.91 Å². The van der Waals surface area contributed by atoms with E-state index in [4.69, 9.17) is 4.74 Å². The van der Waals surface area contributed by atoms with Gasteiger partial charge < -0.3 is 15.0 Å². The van der Waals surface area contributed by atoms with Gasteiger partial charge in [0, 0.05) is 0 Å². The number of amides is 1. The Morgan fingerprint density at radius 2 is 2.04 bits per heavy atom. The molecule has 1 unspecified atom stereocenters. The lowest BCUT2D eigenvalue weighted by molar-refractivity contribution is -0.122. The van der Waals surface area contributed by atoms with Crippen LogP contribution in [0.5, 0.6) is 5.75 Å². The van der Waals surface area contributed by atoms with Gasteiger partial charge in [-0.25, -0.2) is 4.98 Å². The molecule has 1 amide bonds. The number of aryl methyl sites for hydroxylation is 2. The molecule has 1 heterocycles. The molecule has 0 aliphatic rings. The minimum Gasteiger partial charge on any atom is -0.493 e. The fourth-order valence-electron chi connectivity index (χ4n) is 2.68. The van der Waals surface area contributed by atoms with E-state index in [1.807, 2.05) is 63.2 Å². The molecule has 5 heteroatoms. The Kier molecular flexibility index (Phi) is 5.03. The van der Waals surface area contributed by atoms with Crippen molar-refractivity contribution in [1.29, 1.82) is 0 Å². The Balaban J connectivity index is 1.52. The highest BCUT2D eigenvalue weighted by Gasteiger charge is 2.13. The molecule has 2 N–H and O–H groups in total. The number of aromatic amines is 1. The van der Waals surface area contributed by atoms with Gasteiger partial charge >= 0.3 is 0 Å². The van der Waals surface area contributed by atoms with Crippen molar-refractivity contribution >= 4 is 16.9 Å². The fourth-order valence-corrected chi connectivity index (χ4v) is 2.68. The van der Waals surface area contributed by atoms with Crippen molar-refractivity contribution in [3.63, 3.8) is 0 Å². The number of carbonyl (C=O) groups is 1. The number of aromatic nitrogens is 2. The number of para-hydroxylation sites is 2. The molecule has 0 aliphatic heterocycles. The molecule has 130 valence electrons. The monoisotopic (exact) mass is 337 g/mol. The predicted molar refractivity (Wildman–Crippen MR) is 98.7 cm³/mol. The van der Waals surface area contributed by atoms with Crippen LogP contribution in [0.25, 0.3) is 11.0 Å². The highest BCUT2D eigenvalue weighted by molar-refractivity contribution is 5.77. The van der Waals surface area contributed by atoms with E-state index in [0.717, 1.165) is 33.7 Å². The maximum atomic E-state index is 12.2. The molecule has 0 aliphatic carbocycles. The molecule has 25 heavy (non-hydrogen) atoms. The maximum Gasteiger partial charge on any atom is 0.224 e. The van der Waals surface area contributed by atoms with E-state index in [1.165, 1.54) is 0 Å². The van der Waals surface area contributed by atoms with Crippen LogP contribution in [0.2, 0.25) is 0 Å². The van der Waals surface area contributed by atoms with E-state index in [2.05, 4.69) is 15.3 Å². The number of H-pyrrole nitrogens is 1. The van der Waals surface area contributed by atoms with E-state index < -0.39 is 0 Å². The molecule has 3 rings (SSSR count). The molecular weight excluding hydrogens is 314 g/mol. The topological polar surface area (TPSA) is 67.0 Å². The first kappa shape index (κ1) is 17.0. The summed E-state index contributed by atoms with van der Waals surface area (Å²) in [6.45, 7) is 6.29. The fraction of sp³-hybridized carbons (Fsp3) is 0.300. The van der Waals surface area contributed by atoms with Gasteiger partial charge in [0.1, 0.15) is 11.6 Å². The average molecular weight is 337 g/mol. The number of hydrogen-bond acceptors (Lipinski definition) is 3. The Morgan fingerprint density at radius 3 is 2.84 bits per heavy atom. The summed E-state index contributed by atoms with van der Waals surface area (Å²) in [7, 11) is 0. The van der Waals surface area contributed by atoms with E-state index in [1.54, 1.807) is 0 Å². The van der Waals surface area contributed by atoms with Crippen LogP contribution >= 0.6 is 0 Å². The van der Waals surface area contributed by atoms with E-state index in [-0.39, 0.29) is 11.9 Å². The minimum atomic E-state index is -0.180. The zero-order valence-electron chi connectivity index (χ0n) is 14.8. The normalized spacial score (nSPS) is 12.1. The molecule has 0 saturated carbocycles. The van der Waals surface area contributed by atoms with Crippen LogP contribution in [0.4, 0.5) is 0 Å². The molecule has 5 nitrogen and oxygen atoms in total. The summed E-state index contributed by atoms with van der Waals surface area (Å²) in [5.74, 6) is 1.53. The van der Waals surface area contributed by atoms with Crippen molar-refractivity contribution < 1.29 is 9.53 Å². The molecule has 0 radical (unpaired) electrons. The maximum absolute atomic E-state index is 12.2. The van der Waals surface area contributed by atoms with Gasteiger partial charge in [-0.2, -0.15) is 0 Å². The SMILES string of the molecule is Cc1ccc(C)c(OCCC(=O)NC(C)c2nc3ccccc3[nH]2)c1. The average Bonchev–Trinajstić information content (AvgIpc) is 3.02. The summed E-state index contributed by atoms with van der Waals surface area (Å²) < 4.78 is 5.74. The Hall–Kier alpha value is -2.82. The Morgan fingerprint density at radius 1 is 1.24 bits per heavy atom. The van der Waals surface area contributed by atoms with Gasteiger partial charge in [-0.05, 0) is 50.1 Å². The van der Waals surface area contributed by atoms with Crippen molar-refractivity contribution in [2.24, 2.45) is 0 Å². The third-order valence-corrected chi connectivity index (χ3v) is 4.13. The van der Waals surface area contributed by atoms with Crippen molar-refractivity contribution in [2.75, 3.05) is 6.61 Å². The van der Waals surface area contributed by atoms with E-state index >= 15 is 0 Å². The second-order valence-electron chi connectivity index (χ2n) is 6.30. The van der Waals surface area contributed by atoms with Gasteiger partial charge in [0.15, 0.2) is 0 Å². The Labute approximate surface area is 147 Å². The van der Waals surface area contributed by atoms with Crippen LogP contribution < -0.4 is 10.1 Å². The van der Waals surface area contributed by atoms with Crippen molar-refractivity contribution in [3.05, 3.63) is 59.4 Å². The first-order valence-corrected chi connectivity index (χ1v) is 8.47. The first-order chi connectivity index (χ1) is 12.0. The molecule has 0 saturated heterocycles. The number of ether oxygens (including phenoxy) is 1. The number of nitrogens with zero attached hydrogens (tertiary/aromatic N) is 1. The van der Waals surface area contributed by atoms with E-state index in [0.29, 0.717) is 13.0 Å². The number of benzene rings is 2. The summed E-state index contributed by atoms with van der Waals surface area (Å²) in [6, 6.07) is 13.7. The molecule has 0 fully saturated rings. The summed E-state index contributed by atoms with van der Waals surface area (Å²) >= 11 is 0. The zero-order chi connectivity index (χ0) is 17.8. The number of nitrogens with one attached hydrogen (secondary N) is 2. The largest absolute Gasteiger partial charge is 0.493 e. The third kappa shape index (κ3) is 4.18. The summed E-state index contributed by atoms with van der Waals surface area (Å²) in [4.78, 5) is 19.9. The van der Waals surface area contributed by atoms with Crippen molar-refractivity contribution in [3.8, 4) is 5.75 Å². The van der Waals surface area contributed by atoms with Crippen LogP contribution in [-0.4, -0.2) is 22.5 Å². The number of carbonyl (C=O) groups excluding carboxylic acids is 1. The smallest absolute Gasteiger partial charge is 0.224 e. The molecule has 0 bridgehead atoms. The van der Waals surface area contributed by atoms with Gasteiger partial charge in [-0.1, -0.05) is 24.3 Å². The zero-order valence-corrected chi connectivity index (χ0v) is 14.8. The lowest BCUT2D eigenvalue weighted by atomic mass is 10.1. The summed E-state index contributed by atoms with van der Waals surface area (Å²) in [6.07, 6.45) is 0.304. The number of imidazole rings is 1. The number of rotatable bonds is 6. The molecule has 3 aromatic rings. The second kappa shape index (κ2) is 7.38. The minimum absolute atomic E-state index is 0.0572. The lowest BCUT2D eigenvalue weighted by Gasteiger charge is -2.13. The number of hydrogen-bond donors (Lipinski definition) is 2. The van der Waals surface area contributed by atoms with Gasteiger partial charge in [0.25, 0.3) is 0 Å². The molecule has 1 atom stereocenters. The molecule has 0 spiro atoms. The van der Waals surface area contributed by atoms with Crippen molar-refractivity contribution in [2.45, 2.75) is 33.2 Å². The van der Waals surface area contributed by atoms with Crippen LogP contribution in [0.3, 0.4) is 0 Å². The highest BCUT2D eigenvalue weighted by Crippen LogP contribution is 2.19. The number of fused-ring (bicyclic) bond motifs is 1.